The van der Waals surface area contributed by atoms with Gasteiger partial charge in [0.25, 0.3) is 0 Å². The van der Waals surface area contributed by atoms with Gasteiger partial charge in [-0.1, -0.05) is 0 Å². The van der Waals surface area contributed by atoms with E-state index in [1.807, 2.05) is 0 Å². The molecular formula is C18H23N3O10. The lowest BCUT2D eigenvalue weighted by Crippen LogP contribution is -2.42. The zero-order valence-corrected chi connectivity index (χ0v) is 17.4. The van der Waals surface area contributed by atoms with E-state index in [9.17, 15) is 24.0 Å². The molecule has 1 aromatic rings. The van der Waals surface area contributed by atoms with Crippen molar-refractivity contribution in [3.05, 3.63) is 22.2 Å². The van der Waals surface area contributed by atoms with Crippen molar-refractivity contribution in [2.24, 2.45) is 0 Å². The number of nitrogens with two attached hydrogens (primary N) is 1. The van der Waals surface area contributed by atoms with Gasteiger partial charge in [0.05, 0.1) is 6.61 Å². The maximum Gasteiger partial charge on any atom is 0.351 e. The lowest BCUT2D eigenvalue weighted by atomic mass is 10.1. The zero-order chi connectivity index (χ0) is 23.3. The lowest BCUT2D eigenvalue weighted by Gasteiger charge is -2.24. The van der Waals surface area contributed by atoms with Crippen molar-refractivity contribution in [2.75, 3.05) is 18.9 Å². The Morgan fingerprint density at radius 3 is 2.23 bits per heavy atom. The highest BCUT2D eigenvalue weighted by molar-refractivity contribution is 5.93. The van der Waals surface area contributed by atoms with Crippen molar-refractivity contribution in [2.45, 2.75) is 52.2 Å². The third kappa shape index (κ3) is 5.78. The maximum absolute atomic E-state index is 12.5. The lowest BCUT2D eigenvalue weighted by molar-refractivity contribution is -0.166. The fraction of sp³-hybridized carbons (Fsp3) is 0.556. The molecule has 0 bridgehead atoms. The van der Waals surface area contributed by atoms with Gasteiger partial charge < -0.3 is 29.4 Å². The Bertz CT molecular complexity index is 928. The summed E-state index contributed by atoms with van der Waals surface area (Å²) in [6.07, 6.45) is -3.95. The second-order valence-electron chi connectivity index (χ2n) is 6.47. The summed E-state index contributed by atoms with van der Waals surface area (Å²) in [5.41, 5.74) is 4.51. The van der Waals surface area contributed by atoms with Crippen LogP contribution >= 0.6 is 0 Å². The number of carbonyl (C=O) groups excluding carboxylic acids is 4. The minimum atomic E-state index is -1.37. The number of aromatic nitrogens is 2. The summed E-state index contributed by atoms with van der Waals surface area (Å²) in [5, 5.41) is 0. The first-order valence-corrected chi connectivity index (χ1v) is 9.24. The fourth-order valence-electron chi connectivity index (χ4n) is 2.95. The van der Waals surface area contributed by atoms with Crippen molar-refractivity contribution >= 4 is 29.7 Å². The average Bonchev–Trinajstić information content (AvgIpc) is 2.96. The van der Waals surface area contributed by atoms with Crippen LogP contribution in [0.5, 0.6) is 0 Å². The van der Waals surface area contributed by atoms with Gasteiger partial charge >= 0.3 is 29.6 Å². The van der Waals surface area contributed by atoms with E-state index in [0.717, 1.165) is 31.5 Å². The molecule has 1 aliphatic heterocycles. The van der Waals surface area contributed by atoms with E-state index in [1.165, 1.54) is 0 Å². The van der Waals surface area contributed by atoms with Gasteiger partial charge in [0.1, 0.15) is 24.1 Å². The summed E-state index contributed by atoms with van der Waals surface area (Å²) < 4.78 is 26.9. The number of hydrogen-bond acceptors (Lipinski definition) is 12. The Morgan fingerprint density at radius 1 is 1.06 bits per heavy atom. The smallest absolute Gasteiger partial charge is 0.351 e. The van der Waals surface area contributed by atoms with Gasteiger partial charge in [0.2, 0.25) is 0 Å². The SMILES string of the molecule is CCOC(=O)c1cn([C@@H]2O[C@H](COC(C)=O)[C@H](OC(C)=O)[C@H]2OC(C)=O)c(=O)nc1N. The molecule has 4 atom stereocenters. The molecule has 1 aromatic heterocycles. The van der Waals surface area contributed by atoms with Crippen molar-refractivity contribution in [3.8, 4) is 0 Å². The largest absolute Gasteiger partial charge is 0.463 e. The van der Waals surface area contributed by atoms with E-state index in [4.69, 9.17) is 29.4 Å². The molecule has 0 aromatic carbocycles. The molecule has 13 heteroatoms. The second kappa shape index (κ2) is 10.0. The van der Waals surface area contributed by atoms with Crippen molar-refractivity contribution < 1.29 is 42.9 Å². The first kappa shape index (κ1) is 23.8. The number of rotatable bonds is 7. The first-order chi connectivity index (χ1) is 14.5. The molecule has 170 valence electrons. The molecule has 2 rings (SSSR count). The minimum absolute atomic E-state index is 0.0480. The summed E-state index contributed by atoms with van der Waals surface area (Å²) in [5.74, 6) is -3.32. The fourth-order valence-corrected chi connectivity index (χ4v) is 2.95. The maximum atomic E-state index is 12.5. The van der Waals surface area contributed by atoms with Gasteiger partial charge in [-0.3, -0.25) is 19.0 Å². The van der Waals surface area contributed by atoms with Crippen LogP contribution in [0.3, 0.4) is 0 Å². The number of anilines is 1. The predicted molar refractivity (Wildman–Crippen MR) is 101 cm³/mol. The molecule has 2 heterocycles. The Balaban J connectivity index is 2.53. The highest BCUT2D eigenvalue weighted by Crippen LogP contribution is 2.34. The van der Waals surface area contributed by atoms with E-state index in [2.05, 4.69) is 4.98 Å². The quantitative estimate of drug-likeness (QED) is 0.418. The van der Waals surface area contributed by atoms with Gasteiger partial charge in [-0.25, -0.2) is 9.59 Å². The second-order valence-corrected chi connectivity index (χ2v) is 6.47. The molecule has 2 N–H and O–H groups in total. The molecule has 0 radical (unpaired) electrons. The van der Waals surface area contributed by atoms with E-state index in [-0.39, 0.29) is 24.6 Å². The van der Waals surface area contributed by atoms with Crippen LogP contribution in [0.4, 0.5) is 5.82 Å². The predicted octanol–water partition coefficient (Wildman–Crippen LogP) is -0.674. The van der Waals surface area contributed by atoms with Crippen molar-refractivity contribution in [1.82, 2.24) is 9.55 Å². The van der Waals surface area contributed by atoms with E-state index in [1.54, 1.807) is 6.92 Å². The highest BCUT2D eigenvalue weighted by Gasteiger charge is 2.51. The van der Waals surface area contributed by atoms with Crippen molar-refractivity contribution in [1.29, 1.82) is 0 Å². The van der Waals surface area contributed by atoms with Crippen LogP contribution in [0.1, 0.15) is 44.3 Å². The van der Waals surface area contributed by atoms with Crippen LogP contribution in [0.2, 0.25) is 0 Å². The highest BCUT2D eigenvalue weighted by atomic mass is 16.7. The molecule has 13 nitrogen and oxygen atoms in total. The number of nitrogen functional groups attached to an aromatic ring is 1. The summed E-state index contributed by atoms with van der Waals surface area (Å²) in [7, 11) is 0. The normalized spacial score (nSPS) is 22.5. The molecule has 0 aliphatic carbocycles. The average molecular weight is 441 g/mol. The molecule has 0 unspecified atom stereocenters. The molecule has 1 fully saturated rings. The molecule has 1 aliphatic rings. The third-order valence-corrected chi connectivity index (χ3v) is 4.09. The number of esters is 4. The van der Waals surface area contributed by atoms with Gasteiger partial charge in [-0.2, -0.15) is 4.98 Å². The molecule has 0 amide bonds. The summed E-state index contributed by atoms with van der Waals surface area (Å²) in [4.78, 5) is 62.7. The van der Waals surface area contributed by atoms with Crippen LogP contribution in [0, 0.1) is 0 Å². The van der Waals surface area contributed by atoms with Gasteiger partial charge in [-0.15, -0.1) is 0 Å². The standard InChI is InChI=1S/C18H23N3O10/c1-5-27-17(25)11-6-21(18(26)20-15(11)19)16-14(30-10(4)24)13(29-9(3)23)12(31-16)7-28-8(2)22/h6,12-14,16H,5,7H2,1-4H3,(H2,19,20,26)/t12-,13+,14-,16-/m1/s1. The Kier molecular flexibility index (Phi) is 7.69. The molecule has 0 saturated carbocycles. The first-order valence-electron chi connectivity index (χ1n) is 9.24. The third-order valence-electron chi connectivity index (χ3n) is 4.09. The van der Waals surface area contributed by atoms with Crippen LogP contribution in [-0.4, -0.2) is 65.0 Å². The number of ether oxygens (including phenoxy) is 5. The monoisotopic (exact) mass is 441 g/mol. The van der Waals surface area contributed by atoms with Gasteiger partial charge in [0.15, 0.2) is 18.4 Å². The van der Waals surface area contributed by atoms with Gasteiger partial charge in [-0.05, 0) is 6.92 Å². The number of carbonyl (C=O) groups is 4. The van der Waals surface area contributed by atoms with Crippen LogP contribution in [0.25, 0.3) is 0 Å². The molecule has 0 spiro atoms. The van der Waals surface area contributed by atoms with Crippen LogP contribution in [-0.2, 0) is 38.1 Å². The summed E-state index contributed by atoms with van der Waals surface area (Å²) >= 11 is 0. The molecule has 31 heavy (non-hydrogen) atoms. The molecule has 1 saturated heterocycles. The topological polar surface area (TPSA) is 175 Å². The van der Waals surface area contributed by atoms with Crippen LogP contribution in [0.15, 0.2) is 11.0 Å². The van der Waals surface area contributed by atoms with Crippen molar-refractivity contribution in [3.63, 3.8) is 0 Å². The summed E-state index contributed by atoms with van der Waals surface area (Å²) in [6, 6.07) is 0. The Hall–Kier alpha value is -3.48. The minimum Gasteiger partial charge on any atom is -0.463 e. The Labute approximate surface area is 176 Å². The van der Waals surface area contributed by atoms with Crippen LogP contribution < -0.4 is 11.4 Å². The zero-order valence-electron chi connectivity index (χ0n) is 17.4. The molecular weight excluding hydrogens is 418 g/mol. The van der Waals surface area contributed by atoms with E-state index >= 15 is 0 Å². The van der Waals surface area contributed by atoms with E-state index in [0.29, 0.717) is 0 Å². The Morgan fingerprint density at radius 2 is 1.68 bits per heavy atom. The number of hydrogen-bond donors (Lipinski definition) is 1. The van der Waals surface area contributed by atoms with E-state index < -0.39 is 54.1 Å². The number of nitrogens with zero attached hydrogens (tertiary/aromatic N) is 2. The summed E-state index contributed by atoms with van der Waals surface area (Å²) in [6.45, 7) is 4.66. The van der Waals surface area contributed by atoms with Gasteiger partial charge in [0, 0.05) is 27.0 Å².